The Labute approximate surface area is 97.1 Å². The molecule has 1 aromatic carbocycles. The van der Waals surface area contributed by atoms with Gasteiger partial charge >= 0.3 is 0 Å². The molecule has 0 aliphatic heterocycles. The van der Waals surface area contributed by atoms with Crippen molar-refractivity contribution in [3.8, 4) is 0 Å². The van der Waals surface area contributed by atoms with Crippen LogP contribution < -0.4 is 4.72 Å². The summed E-state index contributed by atoms with van der Waals surface area (Å²) in [7, 11) is -3.67. The summed E-state index contributed by atoms with van der Waals surface area (Å²) in [6.07, 6.45) is 1.66. The molecule has 1 rings (SSSR count). The van der Waals surface area contributed by atoms with E-state index in [9.17, 15) is 12.8 Å². The molecule has 7 heteroatoms. The van der Waals surface area contributed by atoms with Gasteiger partial charge in [-0.1, -0.05) is 24.0 Å². The van der Waals surface area contributed by atoms with Gasteiger partial charge in [-0.2, -0.15) is 0 Å². The Morgan fingerprint density at radius 3 is 2.40 bits per heavy atom. The smallest absolute Gasteiger partial charge is 0.262 e. The highest BCUT2D eigenvalue weighted by atomic mass is 32.2. The van der Waals surface area contributed by atoms with Gasteiger partial charge in [0, 0.05) is 0 Å². The summed E-state index contributed by atoms with van der Waals surface area (Å²) in [6, 6.07) is 4.52. The summed E-state index contributed by atoms with van der Waals surface area (Å²) in [5.74, 6) is -0.485. The molecular weight excluding hydrogens is 257 g/mol. The van der Waals surface area contributed by atoms with E-state index in [-0.39, 0.29) is 9.22 Å². The van der Waals surface area contributed by atoms with E-state index in [1.54, 1.807) is 6.26 Å². The molecule has 15 heavy (non-hydrogen) atoms. The van der Waals surface area contributed by atoms with Crippen LogP contribution in [0.3, 0.4) is 0 Å². The van der Waals surface area contributed by atoms with Gasteiger partial charge in [-0.15, -0.1) is 0 Å². The predicted octanol–water partition coefficient (Wildman–Crippen LogP) is 1.75. The van der Waals surface area contributed by atoms with Gasteiger partial charge in [0.25, 0.3) is 10.0 Å². The summed E-state index contributed by atoms with van der Waals surface area (Å²) < 4.78 is 38.1. The first-order valence-electron chi connectivity index (χ1n) is 3.82. The lowest BCUT2D eigenvalue weighted by atomic mass is 10.4. The average Bonchev–Trinajstić information content (AvgIpc) is 2.17. The van der Waals surface area contributed by atoms with E-state index in [2.05, 4.69) is 4.72 Å². The molecule has 0 atom stereocenters. The molecule has 0 amide bonds. The number of benzene rings is 1. The molecule has 0 fully saturated rings. The van der Waals surface area contributed by atoms with Gasteiger partial charge < -0.3 is 0 Å². The van der Waals surface area contributed by atoms with E-state index >= 15 is 0 Å². The van der Waals surface area contributed by atoms with Crippen molar-refractivity contribution in [2.45, 2.75) is 4.90 Å². The molecule has 0 aliphatic rings. The van der Waals surface area contributed by atoms with Gasteiger partial charge in [0.1, 0.15) is 10.1 Å². The maximum atomic E-state index is 12.6. The first-order chi connectivity index (χ1) is 6.95. The van der Waals surface area contributed by atoms with Gasteiger partial charge in [-0.3, -0.25) is 4.72 Å². The minimum atomic E-state index is -3.67. The van der Waals surface area contributed by atoms with E-state index in [0.717, 1.165) is 23.9 Å². The van der Waals surface area contributed by atoms with Crippen LogP contribution >= 0.6 is 24.0 Å². The van der Waals surface area contributed by atoms with Crippen molar-refractivity contribution < 1.29 is 12.8 Å². The van der Waals surface area contributed by atoms with E-state index in [4.69, 9.17) is 12.2 Å². The van der Waals surface area contributed by atoms with Crippen molar-refractivity contribution in [3.63, 3.8) is 0 Å². The Kier molecular flexibility index (Phi) is 4.06. The Hall–Kier alpha value is -0.660. The molecule has 1 aromatic rings. The molecule has 1 N–H and O–H groups in total. The van der Waals surface area contributed by atoms with Crippen LogP contribution in [0.5, 0.6) is 0 Å². The van der Waals surface area contributed by atoms with E-state index < -0.39 is 15.8 Å². The third-order valence-corrected chi connectivity index (χ3v) is 4.23. The molecule has 0 saturated carbocycles. The molecule has 0 aliphatic carbocycles. The van der Waals surface area contributed by atoms with Crippen LogP contribution in [-0.2, 0) is 10.0 Å². The van der Waals surface area contributed by atoms with E-state index in [0.29, 0.717) is 0 Å². The van der Waals surface area contributed by atoms with Gasteiger partial charge in [0.15, 0.2) is 0 Å². The monoisotopic (exact) mass is 265 g/mol. The van der Waals surface area contributed by atoms with Crippen molar-refractivity contribution >= 4 is 38.3 Å². The van der Waals surface area contributed by atoms with Crippen LogP contribution in [0.15, 0.2) is 29.2 Å². The van der Waals surface area contributed by atoms with Gasteiger partial charge in [-0.25, -0.2) is 12.8 Å². The first-order valence-corrected chi connectivity index (χ1v) is 6.93. The quantitative estimate of drug-likeness (QED) is 0.828. The summed E-state index contributed by atoms with van der Waals surface area (Å²) in [5, 5.41) is 0. The summed E-state index contributed by atoms with van der Waals surface area (Å²) in [4.78, 5) is -0.0136. The van der Waals surface area contributed by atoms with Crippen molar-refractivity contribution in [3.05, 3.63) is 30.1 Å². The molecule has 0 bridgehead atoms. The second-order valence-electron chi connectivity index (χ2n) is 2.55. The highest BCUT2D eigenvalue weighted by Gasteiger charge is 2.14. The number of nitrogens with one attached hydrogen (secondary N) is 1. The highest BCUT2D eigenvalue weighted by molar-refractivity contribution is 8.23. The standard InChI is InChI=1S/C8H8FNO2S3/c1-14-8(13)10-15(11,12)7-4-2-6(9)3-5-7/h2-5H,1H3,(H,10,13). The lowest BCUT2D eigenvalue weighted by Crippen LogP contribution is -2.26. The zero-order valence-electron chi connectivity index (χ0n) is 7.73. The van der Waals surface area contributed by atoms with Gasteiger partial charge in [-0.05, 0) is 30.5 Å². The third kappa shape index (κ3) is 3.44. The lowest BCUT2D eigenvalue weighted by molar-refractivity contribution is 0.592. The molecule has 3 nitrogen and oxygen atoms in total. The van der Waals surface area contributed by atoms with Crippen molar-refractivity contribution in [1.29, 1.82) is 0 Å². The Morgan fingerprint density at radius 1 is 1.40 bits per heavy atom. The molecule has 0 aromatic heterocycles. The lowest BCUT2D eigenvalue weighted by Gasteiger charge is -2.06. The maximum Gasteiger partial charge on any atom is 0.262 e. The van der Waals surface area contributed by atoms with Gasteiger partial charge in [0.05, 0.1) is 4.90 Å². The van der Waals surface area contributed by atoms with E-state index in [1.165, 1.54) is 12.1 Å². The minimum Gasteiger partial charge on any atom is -0.264 e. The Bertz CT molecular complexity index is 455. The molecule has 82 valence electrons. The summed E-state index contributed by atoms with van der Waals surface area (Å²) in [6.45, 7) is 0. The highest BCUT2D eigenvalue weighted by Crippen LogP contribution is 2.10. The molecule has 0 heterocycles. The van der Waals surface area contributed by atoms with Crippen molar-refractivity contribution in [2.75, 3.05) is 6.26 Å². The molecular formula is C8H8FNO2S3. The zero-order chi connectivity index (χ0) is 11.5. The minimum absolute atomic E-state index is 0.0136. The fraction of sp³-hybridized carbons (Fsp3) is 0.125. The summed E-state index contributed by atoms with van der Waals surface area (Å²) in [5.41, 5.74) is 0. The number of halogens is 1. The van der Waals surface area contributed by atoms with Crippen LogP contribution in [0.1, 0.15) is 0 Å². The summed E-state index contributed by atoms with van der Waals surface area (Å²) >= 11 is 5.84. The van der Waals surface area contributed by atoms with Crippen molar-refractivity contribution in [1.82, 2.24) is 4.72 Å². The Morgan fingerprint density at radius 2 is 1.93 bits per heavy atom. The van der Waals surface area contributed by atoms with Crippen LogP contribution in [0.25, 0.3) is 0 Å². The average molecular weight is 265 g/mol. The second kappa shape index (κ2) is 4.91. The second-order valence-corrected chi connectivity index (χ2v) is 5.72. The number of rotatable bonds is 2. The van der Waals surface area contributed by atoms with Gasteiger partial charge in [0.2, 0.25) is 0 Å². The largest absolute Gasteiger partial charge is 0.264 e. The zero-order valence-corrected chi connectivity index (χ0v) is 10.2. The molecule has 0 spiro atoms. The number of thiocarbonyl (C=S) groups is 1. The molecule has 0 saturated heterocycles. The van der Waals surface area contributed by atoms with Crippen molar-refractivity contribution in [2.24, 2.45) is 0 Å². The topological polar surface area (TPSA) is 46.2 Å². The van der Waals surface area contributed by atoms with Crippen LogP contribution in [0.4, 0.5) is 4.39 Å². The maximum absolute atomic E-state index is 12.6. The molecule has 0 radical (unpaired) electrons. The number of thioether (sulfide) groups is 1. The number of hydrogen-bond acceptors (Lipinski definition) is 4. The molecule has 0 unspecified atom stereocenters. The SMILES string of the molecule is CSC(=S)NS(=O)(=O)c1ccc(F)cc1. The van der Waals surface area contributed by atoms with Crippen LogP contribution in [0, 0.1) is 5.82 Å². The normalized spacial score (nSPS) is 11.1. The fourth-order valence-electron chi connectivity index (χ4n) is 0.824. The third-order valence-electron chi connectivity index (χ3n) is 1.53. The predicted molar refractivity (Wildman–Crippen MR) is 62.8 cm³/mol. The fourth-order valence-corrected chi connectivity index (χ4v) is 2.65. The van der Waals surface area contributed by atoms with Crippen LogP contribution in [0.2, 0.25) is 0 Å². The van der Waals surface area contributed by atoms with E-state index in [1.807, 2.05) is 0 Å². The first kappa shape index (κ1) is 12.4. The Balaban J connectivity index is 2.96. The van der Waals surface area contributed by atoms with Crippen LogP contribution in [-0.4, -0.2) is 19.0 Å². The number of sulfonamides is 1. The number of hydrogen-bond donors (Lipinski definition) is 1.